The van der Waals surface area contributed by atoms with Crippen molar-refractivity contribution in [1.82, 2.24) is 0 Å². The lowest BCUT2D eigenvalue weighted by atomic mass is 10.3. The molecule has 0 aliphatic rings. The monoisotopic (exact) mass is 217 g/mol. The van der Waals surface area contributed by atoms with E-state index in [9.17, 15) is 0 Å². The van der Waals surface area contributed by atoms with Crippen molar-refractivity contribution in [2.75, 3.05) is 12.0 Å². The van der Waals surface area contributed by atoms with Gasteiger partial charge in [0.15, 0.2) is 0 Å². The molecule has 0 atom stereocenters. The molecule has 2 N–H and O–H groups in total. The maximum absolute atomic E-state index is 5.59. The average molecular weight is 218 g/mol. The van der Waals surface area contributed by atoms with Crippen molar-refractivity contribution < 1.29 is 0 Å². The SMILES string of the molecule is CSc1ccc(N)c(Br)c1. The zero-order valence-electron chi connectivity index (χ0n) is 5.60. The number of anilines is 1. The molecule has 0 heterocycles. The second-order valence-electron chi connectivity index (χ2n) is 1.89. The van der Waals surface area contributed by atoms with Gasteiger partial charge in [-0.2, -0.15) is 0 Å². The molecule has 0 fully saturated rings. The van der Waals surface area contributed by atoms with Crippen molar-refractivity contribution in [2.45, 2.75) is 4.90 Å². The Hall–Kier alpha value is -0.150. The van der Waals surface area contributed by atoms with Gasteiger partial charge in [0.1, 0.15) is 0 Å². The molecule has 0 radical (unpaired) electrons. The number of rotatable bonds is 1. The third-order valence-corrected chi connectivity index (χ3v) is 2.62. The van der Waals surface area contributed by atoms with Crippen LogP contribution in [-0.4, -0.2) is 6.26 Å². The van der Waals surface area contributed by atoms with E-state index >= 15 is 0 Å². The van der Waals surface area contributed by atoms with Gasteiger partial charge in [0.25, 0.3) is 0 Å². The molecule has 0 saturated heterocycles. The van der Waals surface area contributed by atoms with Crippen molar-refractivity contribution >= 4 is 33.4 Å². The molecule has 0 aliphatic carbocycles. The Morgan fingerprint density at radius 2 is 2.20 bits per heavy atom. The number of halogens is 1. The van der Waals surface area contributed by atoms with E-state index in [0.717, 1.165) is 10.2 Å². The van der Waals surface area contributed by atoms with Crippen LogP contribution in [0.3, 0.4) is 0 Å². The van der Waals surface area contributed by atoms with Crippen LogP contribution in [0.5, 0.6) is 0 Å². The lowest BCUT2D eigenvalue weighted by molar-refractivity contribution is 1.44. The number of benzene rings is 1. The smallest absolute Gasteiger partial charge is 0.0459 e. The number of nitrogens with two attached hydrogens (primary N) is 1. The fourth-order valence-electron chi connectivity index (χ4n) is 0.635. The molecule has 1 nitrogen and oxygen atoms in total. The van der Waals surface area contributed by atoms with Crippen LogP contribution in [0.4, 0.5) is 5.69 Å². The third-order valence-electron chi connectivity index (χ3n) is 1.21. The Morgan fingerprint density at radius 1 is 1.50 bits per heavy atom. The first kappa shape index (κ1) is 7.95. The highest BCUT2D eigenvalue weighted by Gasteiger charge is 1.94. The summed E-state index contributed by atoms with van der Waals surface area (Å²) < 4.78 is 0.972. The summed E-state index contributed by atoms with van der Waals surface area (Å²) in [4.78, 5) is 1.22. The Balaban J connectivity index is 3.04. The van der Waals surface area contributed by atoms with Gasteiger partial charge in [0.05, 0.1) is 0 Å². The summed E-state index contributed by atoms with van der Waals surface area (Å²) in [6, 6.07) is 5.92. The minimum Gasteiger partial charge on any atom is -0.398 e. The standard InChI is InChI=1S/C7H8BrNS/c1-10-5-2-3-7(9)6(8)4-5/h2-4H,9H2,1H3. The molecule has 10 heavy (non-hydrogen) atoms. The second kappa shape index (κ2) is 3.30. The van der Waals surface area contributed by atoms with Crippen LogP contribution >= 0.6 is 27.7 Å². The lowest BCUT2D eigenvalue weighted by Gasteiger charge is -1.99. The topological polar surface area (TPSA) is 26.0 Å². The molecule has 0 bridgehead atoms. The molecule has 0 aliphatic heterocycles. The minimum atomic E-state index is 0.790. The predicted octanol–water partition coefficient (Wildman–Crippen LogP) is 2.75. The van der Waals surface area contributed by atoms with Gasteiger partial charge in [-0.05, 0) is 40.4 Å². The van der Waals surface area contributed by atoms with E-state index in [1.165, 1.54) is 4.90 Å². The summed E-state index contributed by atoms with van der Waals surface area (Å²) in [7, 11) is 0. The Morgan fingerprint density at radius 3 is 2.70 bits per heavy atom. The number of nitrogen functional groups attached to an aromatic ring is 1. The summed E-state index contributed by atoms with van der Waals surface area (Å²) in [5, 5.41) is 0. The highest BCUT2D eigenvalue weighted by Crippen LogP contribution is 2.24. The van der Waals surface area contributed by atoms with Gasteiger partial charge in [0, 0.05) is 15.1 Å². The summed E-state index contributed by atoms with van der Waals surface area (Å²) in [6.45, 7) is 0. The number of thioether (sulfide) groups is 1. The van der Waals surface area contributed by atoms with Crippen LogP contribution in [0.25, 0.3) is 0 Å². The Bertz CT molecular complexity index is 237. The molecule has 1 rings (SSSR count). The normalized spacial score (nSPS) is 9.80. The lowest BCUT2D eigenvalue weighted by Crippen LogP contribution is -1.85. The van der Waals surface area contributed by atoms with Gasteiger partial charge in [-0.15, -0.1) is 11.8 Å². The van der Waals surface area contributed by atoms with Gasteiger partial charge in [-0.1, -0.05) is 0 Å². The van der Waals surface area contributed by atoms with Crippen molar-refractivity contribution in [2.24, 2.45) is 0 Å². The van der Waals surface area contributed by atoms with E-state index in [1.807, 2.05) is 24.5 Å². The highest BCUT2D eigenvalue weighted by atomic mass is 79.9. The molecule has 0 saturated carbocycles. The first-order valence-corrected chi connectivity index (χ1v) is 4.85. The van der Waals surface area contributed by atoms with Crippen molar-refractivity contribution in [3.05, 3.63) is 22.7 Å². The maximum atomic E-state index is 5.59. The van der Waals surface area contributed by atoms with Crippen LogP contribution < -0.4 is 5.73 Å². The Labute approximate surface area is 73.1 Å². The van der Waals surface area contributed by atoms with E-state index in [-0.39, 0.29) is 0 Å². The van der Waals surface area contributed by atoms with E-state index in [1.54, 1.807) is 11.8 Å². The third kappa shape index (κ3) is 1.67. The molecule has 1 aromatic rings. The fraction of sp³-hybridized carbons (Fsp3) is 0.143. The van der Waals surface area contributed by atoms with Crippen LogP contribution in [0.2, 0.25) is 0 Å². The first-order chi connectivity index (χ1) is 4.74. The zero-order chi connectivity index (χ0) is 7.56. The summed E-state index contributed by atoms with van der Waals surface area (Å²) >= 11 is 5.05. The van der Waals surface area contributed by atoms with Gasteiger partial charge in [-0.25, -0.2) is 0 Å². The number of hydrogen-bond acceptors (Lipinski definition) is 2. The van der Waals surface area contributed by atoms with Crippen molar-refractivity contribution in [3.8, 4) is 0 Å². The van der Waals surface area contributed by atoms with E-state index in [0.29, 0.717) is 0 Å². The molecule has 0 spiro atoms. The quantitative estimate of drug-likeness (QED) is 0.579. The van der Waals surface area contributed by atoms with Crippen LogP contribution in [0, 0.1) is 0 Å². The highest BCUT2D eigenvalue weighted by molar-refractivity contribution is 9.10. The molecule has 0 aromatic heterocycles. The molecule has 0 unspecified atom stereocenters. The van der Waals surface area contributed by atoms with Crippen LogP contribution in [-0.2, 0) is 0 Å². The molecule has 54 valence electrons. The van der Waals surface area contributed by atoms with Crippen molar-refractivity contribution in [3.63, 3.8) is 0 Å². The summed E-state index contributed by atoms with van der Waals surface area (Å²) in [6.07, 6.45) is 2.04. The summed E-state index contributed by atoms with van der Waals surface area (Å²) in [5.41, 5.74) is 6.38. The molecule has 1 aromatic carbocycles. The molecular weight excluding hydrogens is 210 g/mol. The summed E-state index contributed by atoms with van der Waals surface area (Å²) in [5.74, 6) is 0. The molecule has 0 amide bonds. The van der Waals surface area contributed by atoms with E-state index in [4.69, 9.17) is 5.73 Å². The number of hydrogen-bond donors (Lipinski definition) is 1. The first-order valence-electron chi connectivity index (χ1n) is 2.83. The van der Waals surface area contributed by atoms with Gasteiger partial charge < -0.3 is 5.73 Å². The molecular formula is C7H8BrNS. The Kier molecular flexibility index (Phi) is 2.63. The zero-order valence-corrected chi connectivity index (χ0v) is 8.00. The fourth-order valence-corrected chi connectivity index (χ4v) is 1.60. The van der Waals surface area contributed by atoms with E-state index in [2.05, 4.69) is 15.9 Å². The van der Waals surface area contributed by atoms with Crippen molar-refractivity contribution in [1.29, 1.82) is 0 Å². The minimum absolute atomic E-state index is 0.790. The van der Waals surface area contributed by atoms with Gasteiger partial charge in [-0.3, -0.25) is 0 Å². The maximum Gasteiger partial charge on any atom is 0.0459 e. The second-order valence-corrected chi connectivity index (χ2v) is 3.62. The van der Waals surface area contributed by atoms with E-state index < -0.39 is 0 Å². The van der Waals surface area contributed by atoms with Gasteiger partial charge in [0.2, 0.25) is 0 Å². The average Bonchev–Trinajstić information content (AvgIpc) is 1.95. The van der Waals surface area contributed by atoms with Crippen LogP contribution in [0.1, 0.15) is 0 Å². The van der Waals surface area contributed by atoms with Gasteiger partial charge >= 0.3 is 0 Å². The molecule has 3 heteroatoms. The predicted molar refractivity (Wildman–Crippen MR) is 50.3 cm³/mol. The largest absolute Gasteiger partial charge is 0.398 e. The van der Waals surface area contributed by atoms with Crippen LogP contribution in [0.15, 0.2) is 27.6 Å².